The van der Waals surface area contributed by atoms with Crippen molar-refractivity contribution in [2.45, 2.75) is 50.9 Å². The molecule has 0 saturated carbocycles. The van der Waals surface area contributed by atoms with Gasteiger partial charge in [-0.05, 0) is 77.9 Å². The second-order valence-electron chi connectivity index (χ2n) is 9.31. The van der Waals surface area contributed by atoms with Crippen LogP contribution in [0.25, 0.3) is 27.6 Å². The Morgan fingerprint density at radius 3 is 2.44 bits per heavy atom. The van der Waals surface area contributed by atoms with Crippen LogP contribution in [0.1, 0.15) is 48.9 Å². The third-order valence-corrected chi connectivity index (χ3v) is 7.53. The maximum atomic E-state index is 13.6. The number of fused-ring (bicyclic) bond motifs is 2. The van der Waals surface area contributed by atoms with Crippen molar-refractivity contribution in [3.8, 4) is 5.69 Å². The molecule has 5 aromatic rings. The van der Waals surface area contributed by atoms with Crippen molar-refractivity contribution in [1.82, 2.24) is 9.55 Å². The zero-order valence-electron chi connectivity index (χ0n) is 20.9. The minimum Gasteiger partial charge on any atom is -0.423 e. The van der Waals surface area contributed by atoms with E-state index in [1.54, 1.807) is 10.6 Å². The summed E-state index contributed by atoms with van der Waals surface area (Å²) in [7, 11) is 0. The number of thioether (sulfide) groups is 1. The molecule has 0 fully saturated rings. The molecule has 36 heavy (non-hydrogen) atoms. The molecule has 2 aromatic heterocycles. The lowest BCUT2D eigenvalue weighted by Crippen LogP contribution is -2.21. The van der Waals surface area contributed by atoms with Gasteiger partial charge in [-0.3, -0.25) is 9.36 Å². The lowest BCUT2D eigenvalue weighted by atomic mass is 9.95. The third kappa shape index (κ3) is 4.49. The molecule has 0 amide bonds. The van der Waals surface area contributed by atoms with E-state index >= 15 is 0 Å². The van der Waals surface area contributed by atoms with Crippen LogP contribution in [-0.4, -0.2) is 9.55 Å². The van der Waals surface area contributed by atoms with Gasteiger partial charge in [0.1, 0.15) is 5.58 Å². The van der Waals surface area contributed by atoms with E-state index in [1.165, 1.54) is 22.9 Å². The number of aromatic nitrogens is 2. The average Bonchev–Trinajstić information content (AvgIpc) is 2.87. The van der Waals surface area contributed by atoms with E-state index in [9.17, 15) is 9.59 Å². The summed E-state index contributed by atoms with van der Waals surface area (Å²) in [4.78, 5) is 30.8. The molecular weight excluding hydrogens is 468 g/mol. The van der Waals surface area contributed by atoms with Gasteiger partial charge in [0.05, 0.1) is 16.6 Å². The quantitative estimate of drug-likeness (QED) is 0.147. The van der Waals surface area contributed by atoms with Crippen LogP contribution < -0.4 is 11.2 Å². The topological polar surface area (TPSA) is 65.1 Å². The highest BCUT2D eigenvalue weighted by Gasteiger charge is 2.16. The zero-order valence-corrected chi connectivity index (χ0v) is 21.7. The summed E-state index contributed by atoms with van der Waals surface area (Å²) in [6.07, 6.45) is 0.925. The van der Waals surface area contributed by atoms with Gasteiger partial charge >= 0.3 is 5.63 Å². The van der Waals surface area contributed by atoms with Crippen LogP contribution in [0.2, 0.25) is 0 Å². The van der Waals surface area contributed by atoms with Crippen LogP contribution in [-0.2, 0) is 12.2 Å². The summed E-state index contributed by atoms with van der Waals surface area (Å²) in [5.74, 6) is 0.820. The predicted molar refractivity (Wildman–Crippen MR) is 148 cm³/mol. The molecule has 6 heteroatoms. The fourth-order valence-electron chi connectivity index (χ4n) is 4.59. The first-order valence-corrected chi connectivity index (χ1v) is 13.2. The summed E-state index contributed by atoms with van der Waals surface area (Å²) in [6, 6.07) is 21.0. The summed E-state index contributed by atoms with van der Waals surface area (Å²) < 4.78 is 7.20. The van der Waals surface area contributed by atoms with Gasteiger partial charge in [0.15, 0.2) is 5.16 Å². The van der Waals surface area contributed by atoms with Crippen molar-refractivity contribution in [2.24, 2.45) is 0 Å². The van der Waals surface area contributed by atoms with Crippen LogP contribution in [0.3, 0.4) is 0 Å². The molecule has 5 nitrogen and oxygen atoms in total. The second-order valence-corrected chi connectivity index (χ2v) is 10.3. The van der Waals surface area contributed by atoms with Gasteiger partial charge in [-0.2, -0.15) is 0 Å². The molecule has 5 rings (SSSR count). The smallest absolute Gasteiger partial charge is 0.336 e. The molecule has 3 aromatic carbocycles. The van der Waals surface area contributed by atoms with Gasteiger partial charge < -0.3 is 4.42 Å². The maximum absolute atomic E-state index is 13.6. The normalized spacial score (nSPS) is 11.6. The van der Waals surface area contributed by atoms with Gasteiger partial charge in [0.25, 0.3) is 5.56 Å². The number of aryl methyl sites for hydroxylation is 2. The van der Waals surface area contributed by atoms with E-state index in [0.29, 0.717) is 33.3 Å². The molecule has 2 heterocycles. The Morgan fingerprint density at radius 2 is 1.72 bits per heavy atom. The molecule has 0 aliphatic heterocycles. The van der Waals surface area contributed by atoms with Gasteiger partial charge in [0, 0.05) is 17.2 Å². The van der Waals surface area contributed by atoms with Crippen LogP contribution >= 0.6 is 11.8 Å². The fourth-order valence-corrected chi connectivity index (χ4v) is 5.60. The SMILES string of the molecule is CCc1ccc(-n2c(SCc3cc(=O)oc4cc(C)c(C(C)C)cc34)nc3ccccc3c2=O)cc1. The molecule has 0 atom stereocenters. The molecule has 0 spiro atoms. The lowest BCUT2D eigenvalue weighted by Gasteiger charge is -2.15. The molecule has 0 aliphatic rings. The van der Waals surface area contributed by atoms with Crippen molar-refractivity contribution in [3.05, 3.63) is 110 Å². The Bertz CT molecular complexity index is 1700. The molecule has 0 radical (unpaired) electrons. The Balaban J connectivity index is 1.63. The van der Waals surface area contributed by atoms with E-state index in [4.69, 9.17) is 9.40 Å². The summed E-state index contributed by atoms with van der Waals surface area (Å²) in [5, 5.41) is 2.07. The first kappa shape index (κ1) is 24.1. The molecule has 0 bridgehead atoms. The minimum atomic E-state index is -0.381. The average molecular weight is 497 g/mol. The van der Waals surface area contributed by atoms with Crippen LogP contribution in [0.4, 0.5) is 0 Å². The van der Waals surface area contributed by atoms with Gasteiger partial charge in [-0.15, -0.1) is 0 Å². The standard InChI is InChI=1S/C30H28N2O3S/c1-5-20-10-12-22(13-11-20)32-29(34)23-8-6-7-9-26(23)31-30(32)36-17-21-15-28(33)35-27-14-19(4)24(18(2)3)16-25(21)27/h6-16,18H,5,17H2,1-4H3. The highest BCUT2D eigenvalue weighted by Crippen LogP contribution is 2.31. The fraction of sp³-hybridized carbons (Fsp3) is 0.233. The van der Waals surface area contributed by atoms with E-state index in [2.05, 4.69) is 26.8 Å². The zero-order chi connectivity index (χ0) is 25.4. The van der Waals surface area contributed by atoms with E-state index < -0.39 is 0 Å². The molecule has 0 N–H and O–H groups in total. The molecule has 0 saturated heterocycles. The van der Waals surface area contributed by atoms with Crippen molar-refractivity contribution >= 4 is 33.6 Å². The number of rotatable bonds is 6. The predicted octanol–water partition coefficient (Wildman–Crippen LogP) is 6.78. The largest absolute Gasteiger partial charge is 0.423 e. The number of para-hydroxylation sites is 1. The lowest BCUT2D eigenvalue weighted by molar-refractivity contribution is 0.559. The van der Waals surface area contributed by atoms with Crippen molar-refractivity contribution in [2.75, 3.05) is 0 Å². The summed E-state index contributed by atoms with van der Waals surface area (Å²) >= 11 is 1.45. The van der Waals surface area contributed by atoms with Crippen molar-refractivity contribution in [3.63, 3.8) is 0 Å². The van der Waals surface area contributed by atoms with Gasteiger partial charge in [-0.25, -0.2) is 9.78 Å². The summed E-state index contributed by atoms with van der Waals surface area (Å²) in [6.45, 7) is 8.46. The van der Waals surface area contributed by atoms with Crippen molar-refractivity contribution in [1.29, 1.82) is 0 Å². The Hall–Kier alpha value is -3.64. The molecule has 0 unspecified atom stereocenters. The maximum Gasteiger partial charge on any atom is 0.336 e. The Morgan fingerprint density at radius 1 is 0.972 bits per heavy atom. The van der Waals surface area contributed by atoms with E-state index in [-0.39, 0.29) is 11.2 Å². The number of nitrogens with zero attached hydrogens (tertiary/aromatic N) is 2. The highest BCUT2D eigenvalue weighted by atomic mass is 32.2. The van der Waals surface area contributed by atoms with Crippen molar-refractivity contribution < 1.29 is 4.42 Å². The van der Waals surface area contributed by atoms with Crippen LogP contribution in [0.15, 0.2) is 85.9 Å². The number of hydrogen-bond donors (Lipinski definition) is 0. The van der Waals surface area contributed by atoms with E-state index in [1.807, 2.05) is 61.5 Å². The Kier molecular flexibility index (Phi) is 6.54. The number of benzene rings is 3. The van der Waals surface area contributed by atoms with Gasteiger partial charge in [-0.1, -0.05) is 56.8 Å². The first-order chi connectivity index (χ1) is 17.4. The van der Waals surface area contributed by atoms with Gasteiger partial charge in [0.2, 0.25) is 0 Å². The minimum absolute atomic E-state index is 0.109. The first-order valence-electron chi connectivity index (χ1n) is 12.2. The van der Waals surface area contributed by atoms with E-state index in [0.717, 1.165) is 28.6 Å². The molecule has 0 aliphatic carbocycles. The molecule has 182 valence electrons. The van der Waals surface area contributed by atoms with Crippen LogP contribution in [0, 0.1) is 6.92 Å². The van der Waals surface area contributed by atoms with Crippen LogP contribution in [0.5, 0.6) is 0 Å². The molecular formula is C30H28N2O3S. The summed E-state index contributed by atoms with van der Waals surface area (Å²) in [5.41, 5.74) is 5.91. The third-order valence-electron chi connectivity index (χ3n) is 6.54. The number of hydrogen-bond acceptors (Lipinski definition) is 5. The highest BCUT2D eigenvalue weighted by molar-refractivity contribution is 7.98. The second kappa shape index (κ2) is 9.78. The Labute approximate surface area is 213 Å². The monoisotopic (exact) mass is 496 g/mol.